The molecule has 0 spiro atoms. The standard InChI is InChI=1S/C18H17ClN4O2/c19-13-1-3-15-12(9-13)10-16(22-15)18(24)21-14-2-4-17(20-11-14)23-5-7-25-8-6-23/h1-4,9-11,22H,5-8H2,(H,21,24). The van der Waals surface area contributed by atoms with Crippen LogP contribution >= 0.6 is 11.6 Å². The van der Waals surface area contributed by atoms with Crippen molar-refractivity contribution in [2.75, 3.05) is 36.5 Å². The smallest absolute Gasteiger partial charge is 0.272 e. The van der Waals surface area contributed by atoms with E-state index in [1.807, 2.05) is 24.3 Å². The van der Waals surface area contributed by atoms with E-state index in [4.69, 9.17) is 16.3 Å². The number of H-pyrrole nitrogens is 1. The zero-order valence-corrected chi connectivity index (χ0v) is 14.2. The summed E-state index contributed by atoms with van der Waals surface area (Å²) in [7, 11) is 0. The summed E-state index contributed by atoms with van der Waals surface area (Å²) in [4.78, 5) is 22.1. The van der Waals surface area contributed by atoms with Crippen LogP contribution in [0.25, 0.3) is 10.9 Å². The van der Waals surface area contributed by atoms with Crippen LogP contribution in [0.1, 0.15) is 10.5 Å². The van der Waals surface area contributed by atoms with E-state index < -0.39 is 0 Å². The van der Waals surface area contributed by atoms with Crippen LogP contribution in [0.4, 0.5) is 11.5 Å². The molecule has 3 aromatic rings. The summed E-state index contributed by atoms with van der Waals surface area (Å²) in [5.41, 5.74) is 2.00. The van der Waals surface area contributed by atoms with Crippen molar-refractivity contribution in [3.05, 3.63) is 53.3 Å². The van der Waals surface area contributed by atoms with Gasteiger partial charge in [0, 0.05) is 29.0 Å². The van der Waals surface area contributed by atoms with Crippen molar-refractivity contribution in [1.82, 2.24) is 9.97 Å². The summed E-state index contributed by atoms with van der Waals surface area (Å²) in [6, 6.07) is 11.0. The van der Waals surface area contributed by atoms with Gasteiger partial charge in [0.25, 0.3) is 5.91 Å². The van der Waals surface area contributed by atoms with Crippen molar-refractivity contribution < 1.29 is 9.53 Å². The van der Waals surface area contributed by atoms with Crippen LogP contribution in [0.3, 0.4) is 0 Å². The summed E-state index contributed by atoms with van der Waals surface area (Å²) in [5, 5.41) is 4.40. The molecule has 2 N–H and O–H groups in total. The third kappa shape index (κ3) is 3.45. The Labute approximate surface area is 149 Å². The van der Waals surface area contributed by atoms with Gasteiger partial charge in [-0.05, 0) is 36.4 Å². The molecule has 1 aromatic carbocycles. The van der Waals surface area contributed by atoms with E-state index >= 15 is 0 Å². The van der Waals surface area contributed by atoms with Gasteiger partial charge in [0.05, 0.1) is 25.1 Å². The van der Waals surface area contributed by atoms with Crippen molar-refractivity contribution in [3.63, 3.8) is 0 Å². The number of halogens is 1. The van der Waals surface area contributed by atoms with Gasteiger partial charge in [-0.2, -0.15) is 0 Å². The Morgan fingerprint density at radius 2 is 2.04 bits per heavy atom. The Morgan fingerprint density at radius 1 is 1.20 bits per heavy atom. The van der Waals surface area contributed by atoms with E-state index in [-0.39, 0.29) is 5.91 Å². The lowest BCUT2D eigenvalue weighted by Gasteiger charge is -2.27. The van der Waals surface area contributed by atoms with Crippen LogP contribution in [0.5, 0.6) is 0 Å². The SMILES string of the molecule is O=C(Nc1ccc(N2CCOCC2)nc1)c1cc2cc(Cl)ccc2[nH]1. The van der Waals surface area contributed by atoms with Crippen LogP contribution in [-0.4, -0.2) is 42.2 Å². The first-order chi connectivity index (χ1) is 12.2. The minimum absolute atomic E-state index is 0.215. The second-order valence-corrected chi connectivity index (χ2v) is 6.31. The molecule has 0 aliphatic carbocycles. The molecule has 4 rings (SSSR count). The maximum atomic E-state index is 12.4. The number of carbonyl (C=O) groups excluding carboxylic acids is 1. The highest BCUT2D eigenvalue weighted by atomic mass is 35.5. The number of carbonyl (C=O) groups is 1. The fraction of sp³-hybridized carbons (Fsp3) is 0.222. The number of aromatic amines is 1. The highest BCUT2D eigenvalue weighted by Crippen LogP contribution is 2.21. The lowest BCUT2D eigenvalue weighted by atomic mass is 10.2. The van der Waals surface area contributed by atoms with E-state index in [0.717, 1.165) is 29.8 Å². The van der Waals surface area contributed by atoms with Crippen LogP contribution in [-0.2, 0) is 4.74 Å². The van der Waals surface area contributed by atoms with E-state index in [2.05, 4.69) is 20.2 Å². The second-order valence-electron chi connectivity index (χ2n) is 5.87. The molecule has 0 radical (unpaired) electrons. The molecule has 0 bridgehead atoms. The quantitative estimate of drug-likeness (QED) is 0.755. The van der Waals surface area contributed by atoms with Crippen molar-refractivity contribution in [2.24, 2.45) is 0 Å². The number of nitrogens with one attached hydrogen (secondary N) is 2. The molecule has 25 heavy (non-hydrogen) atoms. The number of anilines is 2. The molecule has 128 valence electrons. The first-order valence-corrected chi connectivity index (χ1v) is 8.45. The molecule has 0 saturated carbocycles. The van der Waals surface area contributed by atoms with Crippen LogP contribution in [0.15, 0.2) is 42.6 Å². The number of nitrogens with zero attached hydrogens (tertiary/aromatic N) is 2. The lowest BCUT2D eigenvalue weighted by Crippen LogP contribution is -2.36. The van der Waals surface area contributed by atoms with Gasteiger partial charge in [-0.1, -0.05) is 11.6 Å². The number of hydrogen-bond donors (Lipinski definition) is 2. The number of aromatic nitrogens is 2. The number of amides is 1. The van der Waals surface area contributed by atoms with Gasteiger partial charge >= 0.3 is 0 Å². The van der Waals surface area contributed by atoms with E-state index in [9.17, 15) is 4.79 Å². The average Bonchev–Trinajstić information content (AvgIpc) is 3.06. The number of fused-ring (bicyclic) bond motifs is 1. The van der Waals surface area contributed by atoms with Gasteiger partial charge in [0.2, 0.25) is 0 Å². The zero-order chi connectivity index (χ0) is 17.2. The highest BCUT2D eigenvalue weighted by Gasteiger charge is 2.13. The maximum Gasteiger partial charge on any atom is 0.272 e. The minimum atomic E-state index is -0.215. The monoisotopic (exact) mass is 356 g/mol. The van der Waals surface area contributed by atoms with E-state index in [1.54, 1.807) is 18.3 Å². The maximum absolute atomic E-state index is 12.4. The fourth-order valence-corrected chi connectivity index (χ4v) is 3.04. The molecule has 1 amide bonds. The first kappa shape index (κ1) is 15.9. The number of benzene rings is 1. The summed E-state index contributed by atoms with van der Waals surface area (Å²) < 4.78 is 5.34. The number of rotatable bonds is 3. The summed E-state index contributed by atoms with van der Waals surface area (Å²) >= 11 is 5.98. The second kappa shape index (κ2) is 6.74. The molecular weight excluding hydrogens is 340 g/mol. The van der Waals surface area contributed by atoms with Gasteiger partial charge < -0.3 is 19.9 Å². The zero-order valence-electron chi connectivity index (χ0n) is 13.5. The fourth-order valence-electron chi connectivity index (χ4n) is 2.86. The normalized spacial score (nSPS) is 14.7. The van der Waals surface area contributed by atoms with Gasteiger partial charge in [-0.25, -0.2) is 4.98 Å². The van der Waals surface area contributed by atoms with Crippen molar-refractivity contribution in [3.8, 4) is 0 Å². The summed E-state index contributed by atoms with van der Waals surface area (Å²) in [6.45, 7) is 3.09. The Morgan fingerprint density at radius 3 is 2.80 bits per heavy atom. The van der Waals surface area contributed by atoms with Crippen LogP contribution < -0.4 is 10.2 Å². The number of ether oxygens (including phenoxy) is 1. The third-order valence-electron chi connectivity index (χ3n) is 4.17. The van der Waals surface area contributed by atoms with Gasteiger partial charge in [0.15, 0.2) is 0 Å². The Kier molecular flexibility index (Phi) is 4.29. The van der Waals surface area contributed by atoms with E-state index in [0.29, 0.717) is 29.6 Å². The van der Waals surface area contributed by atoms with Crippen molar-refractivity contribution in [2.45, 2.75) is 0 Å². The summed E-state index contributed by atoms with van der Waals surface area (Å²) in [6.07, 6.45) is 1.67. The highest BCUT2D eigenvalue weighted by molar-refractivity contribution is 6.31. The molecule has 0 unspecified atom stereocenters. The topological polar surface area (TPSA) is 70.2 Å². The van der Waals surface area contributed by atoms with Crippen LogP contribution in [0, 0.1) is 0 Å². The predicted molar refractivity (Wildman–Crippen MR) is 98.5 cm³/mol. The van der Waals surface area contributed by atoms with Crippen molar-refractivity contribution in [1.29, 1.82) is 0 Å². The predicted octanol–water partition coefficient (Wildman–Crippen LogP) is 3.31. The van der Waals surface area contributed by atoms with Crippen LogP contribution in [0.2, 0.25) is 5.02 Å². The number of pyridine rings is 1. The molecule has 1 fully saturated rings. The van der Waals surface area contributed by atoms with Gasteiger partial charge in [-0.3, -0.25) is 4.79 Å². The Bertz CT molecular complexity index is 901. The van der Waals surface area contributed by atoms with E-state index in [1.165, 1.54) is 0 Å². The molecule has 1 aliphatic rings. The molecule has 1 saturated heterocycles. The number of morpholine rings is 1. The molecule has 7 heteroatoms. The Balaban J connectivity index is 1.47. The molecule has 2 aromatic heterocycles. The number of hydrogen-bond acceptors (Lipinski definition) is 4. The molecule has 1 aliphatic heterocycles. The Hall–Kier alpha value is -2.57. The molecular formula is C18H17ClN4O2. The van der Waals surface area contributed by atoms with Gasteiger partial charge in [0.1, 0.15) is 11.5 Å². The molecule has 6 nitrogen and oxygen atoms in total. The van der Waals surface area contributed by atoms with Crippen molar-refractivity contribution >= 4 is 39.9 Å². The summed E-state index contributed by atoms with van der Waals surface area (Å²) in [5.74, 6) is 0.676. The third-order valence-corrected chi connectivity index (χ3v) is 4.40. The average molecular weight is 357 g/mol. The molecule has 0 atom stereocenters. The van der Waals surface area contributed by atoms with Gasteiger partial charge in [-0.15, -0.1) is 0 Å². The molecule has 3 heterocycles. The largest absolute Gasteiger partial charge is 0.378 e. The minimum Gasteiger partial charge on any atom is -0.378 e. The first-order valence-electron chi connectivity index (χ1n) is 8.07. The lowest BCUT2D eigenvalue weighted by molar-refractivity contribution is 0.102.